The zero-order valence-corrected chi connectivity index (χ0v) is 8.53. The second-order valence-corrected chi connectivity index (χ2v) is 3.96. The number of rotatable bonds is 4. The zero-order chi connectivity index (χ0) is 9.97. The molecule has 76 valence electrons. The summed E-state index contributed by atoms with van der Waals surface area (Å²) in [5.41, 5.74) is 1.03. The molecule has 0 saturated heterocycles. The van der Waals surface area contributed by atoms with Gasteiger partial charge in [-0.2, -0.15) is 0 Å². The third-order valence-corrected chi connectivity index (χ3v) is 2.73. The number of hydrogen-bond donors (Lipinski definition) is 2. The summed E-state index contributed by atoms with van der Waals surface area (Å²) in [6.45, 7) is 2.15. The normalized spacial score (nSPS) is 18.1. The predicted octanol–water partition coefficient (Wildman–Crippen LogP) is 2.60. The minimum atomic E-state index is 0.309. The predicted molar refractivity (Wildman–Crippen MR) is 57.3 cm³/mol. The molecule has 1 aliphatic carbocycles. The summed E-state index contributed by atoms with van der Waals surface area (Å²) in [6, 6.07) is 8.59. The fourth-order valence-electron chi connectivity index (χ4n) is 1.74. The Balaban J connectivity index is 2.12. The van der Waals surface area contributed by atoms with Gasteiger partial charge < -0.3 is 10.4 Å². The molecule has 0 aromatic heterocycles. The molecule has 2 N–H and O–H groups in total. The van der Waals surface area contributed by atoms with Crippen LogP contribution in [0.4, 0.5) is 0 Å². The SMILES string of the molecule is CCC(NC1CC1)c1ccccc1O. The van der Waals surface area contributed by atoms with Crippen LogP contribution in [0.25, 0.3) is 0 Å². The summed E-state index contributed by atoms with van der Waals surface area (Å²) in [5.74, 6) is 0.410. The van der Waals surface area contributed by atoms with Crippen LogP contribution in [0.15, 0.2) is 24.3 Å². The molecule has 1 fully saturated rings. The van der Waals surface area contributed by atoms with Gasteiger partial charge in [0.1, 0.15) is 5.75 Å². The minimum Gasteiger partial charge on any atom is -0.508 e. The molecular formula is C12H17NO. The van der Waals surface area contributed by atoms with E-state index in [2.05, 4.69) is 12.2 Å². The maximum Gasteiger partial charge on any atom is 0.120 e. The van der Waals surface area contributed by atoms with Crippen LogP contribution in [-0.2, 0) is 0 Å². The Hall–Kier alpha value is -1.02. The molecule has 2 rings (SSSR count). The van der Waals surface area contributed by atoms with Gasteiger partial charge in [0.25, 0.3) is 0 Å². The van der Waals surface area contributed by atoms with Crippen molar-refractivity contribution in [2.45, 2.75) is 38.3 Å². The van der Waals surface area contributed by atoms with Gasteiger partial charge in [0, 0.05) is 17.6 Å². The third-order valence-electron chi connectivity index (χ3n) is 2.73. The average Bonchev–Trinajstić information content (AvgIpc) is 2.99. The maximum atomic E-state index is 9.71. The second-order valence-electron chi connectivity index (χ2n) is 3.96. The lowest BCUT2D eigenvalue weighted by molar-refractivity contribution is 0.440. The lowest BCUT2D eigenvalue weighted by Crippen LogP contribution is -2.22. The van der Waals surface area contributed by atoms with E-state index in [4.69, 9.17) is 0 Å². The summed E-state index contributed by atoms with van der Waals surface area (Å²) in [4.78, 5) is 0. The molecule has 0 amide bonds. The Morgan fingerprint density at radius 2 is 2.14 bits per heavy atom. The summed E-state index contributed by atoms with van der Waals surface area (Å²) in [5, 5.41) is 13.2. The van der Waals surface area contributed by atoms with Crippen LogP contribution >= 0.6 is 0 Å². The van der Waals surface area contributed by atoms with Crippen molar-refractivity contribution in [1.29, 1.82) is 0 Å². The van der Waals surface area contributed by atoms with Crippen LogP contribution in [0.3, 0.4) is 0 Å². The summed E-state index contributed by atoms with van der Waals surface area (Å²) in [7, 11) is 0. The van der Waals surface area contributed by atoms with Crippen LogP contribution in [0, 0.1) is 0 Å². The zero-order valence-electron chi connectivity index (χ0n) is 8.53. The molecule has 1 unspecified atom stereocenters. The van der Waals surface area contributed by atoms with E-state index in [1.807, 2.05) is 18.2 Å². The van der Waals surface area contributed by atoms with Crippen LogP contribution in [0.2, 0.25) is 0 Å². The second kappa shape index (κ2) is 4.01. The topological polar surface area (TPSA) is 32.3 Å². The van der Waals surface area contributed by atoms with Gasteiger partial charge in [0.2, 0.25) is 0 Å². The molecule has 14 heavy (non-hydrogen) atoms. The minimum absolute atomic E-state index is 0.309. The van der Waals surface area contributed by atoms with Gasteiger partial charge in [-0.3, -0.25) is 0 Å². The van der Waals surface area contributed by atoms with Crippen molar-refractivity contribution >= 4 is 0 Å². The van der Waals surface area contributed by atoms with Gasteiger partial charge in [0.05, 0.1) is 0 Å². The van der Waals surface area contributed by atoms with Crippen molar-refractivity contribution in [2.75, 3.05) is 0 Å². The first-order valence-corrected chi connectivity index (χ1v) is 5.35. The Labute approximate surface area is 85.0 Å². The number of para-hydroxylation sites is 1. The molecule has 0 bridgehead atoms. The van der Waals surface area contributed by atoms with Crippen LogP contribution < -0.4 is 5.32 Å². The van der Waals surface area contributed by atoms with Crippen molar-refractivity contribution in [1.82, 2.24) is 5.32 Å². The van der Waals surface area contributed by atoms with E-state index in [0.29, 0.717) is 17.8 Å². The lowest BCUT2D eigenvalue weighted by Gasteiger charge is -2.17. The number of phenolic OH excluding ortho intramolecular Hbond substituents is 1. The highest BCUT2D eigenvalue weighted by molar-refractivity contribution is 5.34. The van der Waals surface area contributed by atoms with E-state index >= 15 is 0 Å². The molecule has 2 heteroatoms. The van der Waals surface area contributed by atoms with Gasteiger partial charge in [-0.1, -0.05) is 25.1 Å². The molecule has 0 spiro atoms. The number of aromatic hydroxyl groups is 1. The highest BCUT2D eigenvalue weighted by Crippen LogP contribution is 2.30. The number of hydrogen-bond acceptors (Lipinski definition) is 2. The molecule has 1 aromatic rings. The fraction of sp³-hybridized carbons (Fsp3) is 0.500. The quantitative estimate of drug-likeness (QED) is 0.766. The first-order valence-electron chi connectivity index (χ1n) is 5.35. The Morgan fingerprint density at radius 3 is 2.71 bits per heavy atom. The monoisotopic (exact) mass is 191 g/mol. The Morgan fingerprint density at radius 1 is 1.43 bits per heavy atom. The van der Waals surface area contributed by atoms with Crippen molar-refractivity contribution in [2.24, 2.45) is 0 Å². The highest BCUT2D eigenvalue weighted by Gasteiger charge is 2.25. The van der Waals surface area contributed by atoms with Gasteiger partial charge in [-0.15, -0.1) is 0 Å². The Bertz CT molecular complexity index is 307. The number of phenols is 1. The van der Waals surface area contributed by atoms with Crippen molar-refractivity contribution in [3.63, 3.8) is 0 Å². The molecule has 2 nitrogen and oxygen atoms in total. The largest absolute Gasteiger partial charge is 0.508 e. The van der Waals surface area contributed by atoms with Gasteiger partial charge >= 0.3 is 0 Å². The van der Waals surface area contributed by atoms with Crippen molar-refractivity contribution in [3.05, 3.63) is 29.8 Å². The van der Waals surface area contributed by atoms with Crippen LogP contribution in [0.5, 0.6) is 5.75 Å². The molecule has 0 aliphatic heterocycles. The average molecular weight is 191 g/mol. The summed E-state index contributed by atoms with van der Waals surface area (Å²) >= 11 is 0. The van der Waals surface area contributed by atoms with E-state index in [9.17, 15) is 5.11 Å². The van der Waals surface area contributed by atoms with Crippen molar-refractivity contribution < 1.29 is 5.11 Å². The summed E-state index contributed by atoms with van der Waals surface area (Å²) in [6.07, 6.45) is 3.59. The van der Waals surface area contributed by atoms with Gasteiger partial charge in [0.15, 0.2) is 0 Å². The molecular weight excluding hydrogens is 174 g/mol. The van der Waals surface area contributed by atoms with Crippen molar-refractivity contribution in [3.8, 4) is 5.75 Å². The first-order chi connectivity index (χ1) is 6.81. The molecule has 1 aliphatic rings. The highest BCUT2D eigenvalue weighted by atomic mass is 16.3. The van der Waals surface area contributed by atoms with Gasteiger partial charge in [-0.05, 0) is 25.3 Å². The molecule has 1 saturated carbocycles. The van der Waals surface area contributed by atoms with E-state index in [1.165, 1.54) is 12.8 Å². The molecule has 0 heterocycles. The first kappa shape index (κ1) is 9.53. The third kappa shape index (κ3) is 2.07. The van der Waals surface area contributed by atoms with E-state index < -0.39 is 0 Å². The Kier molecular flexibility index (Phi) is 2.73. The van der Waals surface area contributed by atoms with Crippen LogP contribution in [-0.4, -0.2) is 11.1 Å². The van der Waals surface area contributed by atoms with E-state index in [-0.39, 0.29) is 0 Å². The summed E-state index contributed by atoms with van der Waals surface area (Å²) < 4.78 is 0. The number of nitrogens with one attached hydrogen (secondary N) is 1. The number of benzene rings is 1. The van der Waals surface area contributed by atoms with E-state index in [1.54, 1.807) is 6.07 Å². The molecule has 1 atom stereocenters. The fourth-order valence-corrected chi connectivity index (χ4v) is 1.74. The maximum absolute atomic E-state index is 9.71. The molecule has 1 aromatic carbocycles. The smallest absolute Gasteiger partial charge is 0.120 e. The van der Waals surface area contributed by atoms with Crippen LogP contribution in [0.1, 0.15) is 37.8 Å². The standard InChI is InChI=1S/C12H17NO/c1-2-11(13-9-7-8-9)10-5-3-4-6-12(10)14/h3-6,9,11,13-14H,2,7-8H2,1H3. The lowest BCUT2D eigenvalue weighted by atomic mass is 10.0. The van der Waals surface area contributed by atoms with E-state index in [0.717, 1.165) is 12.0 Å². The molecule has 0 radical (unpaired) electrons. The van der Waals surface area contributed by atoms with Gasteiger partial charge in [-0.25, -0.2) is 0 Å².